The van der Waals surface area contributed by atoms with E-state index in [9.17, 15) is 19.5 Å². The molecule has 0 aliphatic rings. The number of ether oxygens (including phenoxy) is 1. The Kier molecular flexibility index (Phi) is 21.0. The Morgan fingerprint density at radius 2 is 1.40 bits per heavy atom. The summed E-state index contributed by atoms with van der Waals surface area (Å²) < 4.78 is 5.75. The number of carboxylic acids is 1. The normalized spacial score (nSPS) is 12.6. The van der Waals surface area contributed by atoms with Crippen molar-refractivity contribution in [3.63, 3.8) is 0 Å². The molecule has 9 heteroatoms. The second kappa shape index (κ2) is 24.5. The van der Waals surface area contributed by atoms with Gasteiger partial charge in [0.15, 0.2) is 0 Å². The van der Waals surface area contributed by atoms with Crippen molar-refractivity contribution < 1.29 is 29.3 Å². The molecule has 1 aromatic carbocycles. The predicted molar refractivity (Wildman–Crippen MR) is 173 cm³/mol. The summed E-state index contributed by atoms with van der Waals surface area (Å²) in [5, 5.41) is 26.4. The lowest BCUT2D eigenvalue weighted by molar-refractivity contribution is -0.133. The van der Waals surface area contributed by atoms with E-state index in [0.29, 0.717) is 13.0 Å². The molecule has 43 heavy (non-hydrogen) atoms. The number of allylic oxidation sites excluding steroid dienone is 10. The molecule has 0 saturated heterocycles. The van der Waals surface area contributed by atoms with Crippen LogP contribution in [0.4, 0.5) is 10.5 Å². The van der Waals surface area contributed by atoms with Crippen LogP contribution in [0.3, 0.4) is 0 Å². The minimum Gasteiger partial charge on any atom is -0.507 e. The molecule has 1 aromatic rings. The molecule has 0 aliphatic heterocycles. The lowest BCUT2D eigenvalue weighted by atomic mass is 10.2. The number of carbonyl (C=O) groups is 3. The fourth-order valence-corrected chi connectivity index (χ4v) is 3.77. The third-order valence-electron chi connectivity index (χ3n) is 6.10. The van der Waals surface area contributed by atoms with Crippen LogP contribution in [-0.4, -0.2) is 53.9 Å². The van der Waals surface area contributed by atoms with Gasteiger partial charge < -0.3 is 30.9 Å². The number of carbonyl (C=O) groups excluding carboxylic acids is 2. The highest BCUT2D eigenvalue weighted by atomic mass is 16.5. The fraction of sp³-hybridized carbons (Fsp3) is 0.441. The van der Waals surface area contributed by atoms with Gasteiger partial charge in [-0.25, -0.2) is 9.59 Å². The Bertz CT molecular complexity index is 1110. The average molecular weight is 596 g/mol. The summed E-state index contributed by atoms with van der Waals surface area (Å²) in [6.07, 6.45) is 29.6. The SMILES string of the molecule is CCC=CCC=CCC=CCC=CCC=CCCCCO[C@@H](CC)C(=O)NCCNC(=O)Nc1ccc(O)c(C(=O)O)c1. The second-order valence-electron chi connectivity index (χ2n) is 9.68. The molecular formula is C34H49N3O6. The number of aromatic hydroxyl groups is 1. The van der Waals surface area contributed by atoms with Gasteiger partial charge in [0.25, 0.3) is 0 Å². The van der Waals surface area contributed by atoms with Gasteiger partial charge in [-0.05, 0) is 76.0 Å². The summed E-state index contributed by atoms with van der Waals surface area (Å²) >= 11 is 0. The lowest BCUT2D eigenvalue weighted by Crippen LogP contribution is -2.41. The maximum Gasteiger partial charge on any atom is 0.339 e. The number of benzene rings is 1. The van der Waals surface area contributed by atoms with Crippen LogP contribution in [-0.2, 0) is 9.53 Å². The number of phenols is 1. The van der Waals surface area contributed by atoms with Crippen LogP contribution in [0.25, 0.3) is 0 Å². The zero-order valence-electron chi connectivity index (χ0n) is 25.6. The number of rotatable bonds is 22. The fourth-order valence-electron chi connectivity index (χ4n) is 3.77. The van der Waals surface area contributed by atoms with Crippen LogP contribution in [0.15, 0.2) is 79.0 Å². The Balaban J connectivity index is 2.10. The summed E-state index contributed by atoms with van der Waals surface area (Å²) in [5.74, 6) is -1.92. The van der Waals surface area contributed by atoms with Crippen molar-refractivity contribution >= 4 is 23.6 Å². The van der Waals surface area contributed by atoms with E-state index in [1.807, 2.05) is 6.92 Å². The topological polar surface area (TPSA) is 137 Å². The first-order valence-electron chi connectivity index (χ1n) is 15.1. The first-order valence-corrected chi connectivity index (χ1v) is 15.1. The van der Waals surface area contributed by atoms with Crippen molar-refractivity contribution in [1.82, 2.24) is 10.6 Å². The van der Waals surface area contributed by atoms with E-state index in [1.165, 1.54) is 12.1 Å². The summed E-state index contributed by atoms with van der Waals surface area (Å²) in [6.45, 7) is 4.91. The molecule has 0 aliphatic carbocycles. The van der Waals surface area contributed by atoms with Gasteiger partial charge in [0.2, 0.25) is 5.91 Å². The van der Waals surface area contributed by atoms with Crippen molar-refractivity contribution in [2.45, 2.75) is 77.7 Å². The van der Waals surface area contributed by atoms with E-state index in [-0.39, 0.29) is 36.0 Å². The minimum absolute atomic E-state index is 0.172. The first-order chi connectivity index (χ1) is 20.9. The third kappa shape index (κ3) is 18.8. The lowest BCUT2D eigenvalue weighted by Gasteiger charge is -2.16. The van der Waals surface area contributed by atoms with Crippen LogP contribution < -0.4 is 16.0 Å². The Hall–Kier alpha value is -4.11. The number of aromatic carboxylic acids is 1. The zero-order chi connectivity index (χ0) is 31.5. The smallest absolute Gasteiger partial charge is 0.339 e. The molecule has 0 saturated carbocycles. The molecule has 0 heterocycles. The van der Waals surface area contributed by atoms with Gasteiger partial charge in [-0.15, -0.1) is 0 Å². The van der Waals surface area contributed by atoms with Crippen LogP contribution in [0, 0.1) is 0 Å². The largest absolute Gasteiger partial charge is 0.507 e. The molecule has 5 N–H and O–H groups in total. The standard InChI is InChI=1S/C34H49N3O6/c1-3-5-6-7-8-9-10-11-12-13-14-15-16-17-18-19-20-21-26-43-31(4-2)32(39)35-24-25-36-34(42)37-28-22-23-30(38)29(27-28)33(40)41/h5-6,8-9,11-12,14-15,17-18,22-23,27,31,38H,3-4,7,10,13,16,19-21,24-26H2,1-2H3,(H,35,39)(H,40,41)(H2,36,37,42)/t31-/m0/s1. The van der Waals surface area contributed by atoms with Gasteiger partial charge in [0, 0.05) is 25.4 Å². The molecular weight excluding hydrogens is 546 g/mol. The maximum atomic E-state index is 12.4. The second-order valence-corrected chi connectivity index (χ2v) is 9.68. The van der Waals surface area contributed by atoms with Gasteiger partial charge in [-0.3, -0.25) is 4.79 Å². The Morgan fingerprint density at radius 1 is 0.814 bits per heavy atom. The summed E-state index contributed by atoms with van der Waals surface area (Å²) in [6, 6.07) is 3.17. The molecule has 0 radical (unpaired) electrons. The average Bonchev–Trinajstić information content (AvgIpc) is 2.99. The number of unbranched alkanes of at least 4 members (excludes halogenated alkanes) is 2. The van der Waals surface area contributed by atoms with E-state index in [2.05, 4.69) is 83.6 Å². The molecule has 0 unspecified atom stereocenters. The highest BCUT2D eigenvalue weighted by molar-refractivity contribution is 5.95. The molecule has 1 atom stereocenters. The molecule has 236 valence electrons. The van der Waals surface area contributed by atoms with Gasteiger partial charge in [-0.2, -0.15) is 0 Å². The van der Waals surface area contributed by atoms with Crippen LogP contribution in [0.5, 0.6) is 5.75 Å². The number of amides is 3. The van der Waals surface area contributed by atoms with E-state index in [4.69, 9.17) is 9.84 Å². The van der Waals surface area contributed by atoms with Crippen molar-refractivity contribution in [2.24, 2.45) is 0 Å². The number of carboxylic acid groups (broad SMARTS) is 1. The maximum absolute atomic E-state index is 12.4. The number of hydrogen-bond donors (Lipinski definition) is 5. The number of hydrogen-bond acceptors (Lipinski definition) is 5. The number of anilines is 1. The zero-order valence-corrected chi connectivity index (χ0v) is 25.6. The number of urea groups is 1. The highest BCUT2D eigenvalue weighted by Crippen LogP contribution is 2.21. The summed E-state index contributed by atoms with van der Waals surface area (Å²) in [7, 11) is 0. The molecule has 0 fully saturated rings. The summed E-state index contributed by atoms with van der Waals surface area (Å²) in [4.78, 5) is 35.5. The quantitative estimate of drug-likeness (QED) is 0.0554. The monoisotopic (exact) mass is 595 g/mol. The van der Waals surface area contributed by atoms with Crippen molar-refractivity contribution in [3.05, 3.63) is 84.5 Å². The summed E-state index contributed by atoms with van der Waals surface area (Å²) in [5.41, 5.74) is -0.0950. The van der Waals surface area contributed by atoms with E-state index >= 15 is 0 Å². The molecule has 0 aromatic heterocycles. The predicted octanol–water partition coefficient (Wildman–Crippen LogP) is 7.05. The Morgan fingerprint density at radius 3 is 1.98 bits per heavy atom. The molecule has 9 nitrogen and oxygen atoms in total. The molecule has 1 rings (SSSR count). The van der Waals surface area contributed by atoms with E-state index in [0.717, 1.165) is 57.4 Å². The highest BCUT2D eigenvalue weighted by Gasteiger charge is 2.16. The third-order valence-corrected chi connectivity index (χ3v) is 6.10. The van der Waals surface area contributed by atoms with Crippen molar-refractivity contribution in [1.29, 1.82) is 0 Å². The van der Waals surface area contributed by atoms with Crippen LogP contribution in [0.1, 0.15) is 82.0 Å². The van der Waals surface area contributed by atoms with Gasteiger partial charge >= 0.3 is 12.0 Å². The van der Waals surface area contributed by atoms with Crippen molar-refractivity contribution in [2.75, 3.05) is 25.0 Å². The van der Waals surface area contributed by atoms with Gasteiger partial charge in [0.05, 0.1) is 0 Å². The van der Waals surface area contributed by atoms with E-state index < -0.39 is 18.1 Å². The van der Waals surface area contributed by atoms with Crippen LogP contribution >= 0.6 is 0 Å². The van der Waals surface area contributed by atoms with E-state index in [1.54, 1.807) is 0 Å². The molecule has 0 bridgehead atoms. The van der Waals surface area contributed by atoms with Crippen LogP contribution in [0.2, 0.25) is 0 Å². The molecule has 3 amide bonds. The Labute approximate surface area is 256 Å². The number of nitrogens with one attached hydrogen (secondary N) is 3. The molecule has 0 spiro atoms. The minimum atomic E-state index is -1.30. The van der Waals surface area contributed by atoms with Crippen molar-refractivity contribution in [3.8, 4) is 5.75 Å². The first kappa shape index (κ1) is 36.9. The van der Waals surface area contributed by atoms with Gasteiger partial charge in [0.1, 0.15) is 17.4 Å². The van der Waals surface area contributed by atoms with Gasteiger partial charge in [-0.1, -0.05) is 74.6 Å².